The number of ether oxygens (including phenoxy) is 1. The lowest BCUT2D eigenvalue weighted by Gasteiger charge is -2.18. The third-order valence-electron chi connectivity index (χ3n) is 2.91. The second-order valence-electron chi connectivity index (χ2n) is 4.23. The van der Waals surface area contributed by atoms with Gasteiger partial charge in [-0.2, -0.15) is 0 Å². The van der Waals surface area contributed by atoms with Crippen molar-refractivity contribution in [2.45, 2.75) is 13.0 Å². The first kappa shape index (κ1) is 13.7. The molecule has 2 aromatic rings. The molecule has 0 aromatic heterocycles. The molecule has 2 rings (SSSR count). The normalized spacial score (nSPS) is 12.0. The van der Waals surface area contributed by atoms with Crippen molar-refractivity contribution in [1.29, 1.82) is 0 Å². The minimum absolute atomic E-state index is 0.0770. The number of methoxy groups -OCH3 is 1. The number of hydrogen-bond acceptors (Lipinski definition) is 2. The molecule has 1 N–H and O–H groups in total. The van der Waals surface area contributed by atoms with Crippen LogP contribution in [-0.2, 0) is 0 Å². The average molecular weight is 280 g/mol. The zero-order chi connectivity index (χ0) is 13.8. The van der Waals surface area contributed by atoms with Crippen LogP contribution in [0, 0.1) is 5.82 Å². The minimum Gasteiger partial charge on any atom is -0.496 e. The average Bonchev–Trinajstić information content (AvgIpc) is 2.41. The van der Waals surface area contributed by atoms with E-state index in [1.54, 1.807) is 19.2 Å². The van der Waals surface area contributed by atoms with E-state index in [9.17, 15) is 4.39 Å². The molecular weight excluding hydrogens is 265 g/mol. The Hall–Kier alpha value is -1.74. The van der Waals surface area contributed by atoms with E-state index in [0.717, 1.165) is 11.3 Å². The standard InChI is InChI=1S/C15H15ClFNO/c1-10(12-5-3-4-6-15(12)19-2)18-14-8-7-11(16)9-13(14)17/h3-10,18H,1-2H3. The van der Waals surface area contributed by atoms with Crippen LogP contribution in [0.15, 0.2) is 42.5 Å². The lowest BCUT2D eigenvalue weighted by atomic mass is 10.1. The summed E-state index contributed by atoms with van der Waals surface area (Å²) in [6, 6.07) is 12.2. The van der Waals surface area contributed by atoms with Crippen LogP contribution < -0.4 is 10.1 Å². The van der Waals surface area contributed by atoms with Gasteiger partial charge in [0.25, 0.3) is 0 Å². The van der Waals surface area contributed by atoms with Crippen LogP contribution in [0.4, 0.5) is 10.1 Å². The molecule has 0 fully saturated rings. The summed E-state index contributed by atoms with van der Waals surface area (Å²) in [5.41, 5.74) is 1.39. The second kappa shape index (κ2) is 5.93. The zero-order valence-electron chi connectivity index (χ0n) is 10.8. The summed E-state index contributed by atoms with van der Waals surface area (Å²) >= 11 is 5.73. The molecule has 0 bridgehead atoms. The molecule has 0 saturated carbocycles. The number of para-hydroxylation sites is 1. The van der Waals surface area contributed by atoms with E-state index in [1.165, 1.54) is 6.07 Å². The van der Waals surface area contributed by atoms with Gasteiger partial charge in [-0.05, 0) is 31.2 Å². The lowest BCUT2D eigenvalue weighted by molar-refractivity contribution is 0.408. The van der Waals surface area contributed by atoms with Gasteiger partial charge in [0.1, 0.15) is 11.6 Å². The van der Waals surface area contributed by atoms with Crippen LogP contribution in [0.5, 0.6) is 5.75 Å². The van der Waals surface area contributed by atoms with Gasteiger partial charge in [-0.1, -0.05) is 29.8 Å². The summed E-state index contributed by atoms with van der Waals surface area (Å²) in [6.07, 6.45) is 0. The molecule has 1 atom stereocenters. The maximum atomic E-state index is 13.7. The molecule has 0 aliphatic carbocycles. The van der Waals surface area contributed by atoms with Crippen molar-refractivity contribution >= 4 is 17.3 Å². The van der Waals surface area contributed by atoms with Crippen molar-refractivity contribution in [3.8, 4) is 5.75 Å². The molecule has 1 unspecified atom stereocenters. The highest BCUT2D eigenvalue weighted by Gasteiger charge is 2.12. The van der Waals surface area contributed by atoms with Gasteiger partial charge in [-0.25, -0.2) is 4.39 Å². The van der Waals surface area contributed by atoms with Gasteiger partial charge < -0.3 is 10.1 Å². The topological polar surface area (TPSA) is 21.3 Å². The van der Waals surface area contributed by atoms with Crippen LogP contribution in [0.2, 0.25) is 5.02 Å². The van der Waals surface area contributed by atoms with Gasteiger partial charge in [0, 0.05) is 10.6 Å². The molecule has 0 amide bonds. The van der Waals surface area contributed by atoms with Crippen LogP contribution in [0.3, 0.4) is 0 Å². The first-order chi connectivity index (χ1) is 9.11. The predicted octanol–water partition coefficient (Wildman–Crippen LogP) is 4.66. The van der Waals surface area contributed by atoms with Crippen molar-refractivity contribution < 1.29 is 9.13 Å². The highest BCUT2D eigenvalue weighted by Crippen LogP contribution is 2.29. The van der Waals surface area contributed by atoms with Crippen molar-refractivity contribution in [2.75, 3.05) is 12.4 Å². The summed E-state index contributed by atoms with van der Waals surface area (Å²) in [4.78, 5) is 0. The Bertz CT molecular complexity index is 574. The largest absolute Gasteiger partial charge is 0.496 e. The number of rotatable bonds is 4. The SMILES string of the molecule is COc1ccccc1C(C)Nc1ccc(Cl)cc1F. The molecule has 0 aliphatic heterocycles. The minimum atomic E-state index is -0.366. The summed E-state index contributed by atoms with van der Waals surface area (Å²) in [6.45, 7) is 1.95. The Balaban J connectivity index is 2.23. The Morgan fingerprint density at radius 2 is 1.95 bits per heavy atom. The van der Waals surface area contributed by atoms with E-state index in [2.05, 4.69) is 5.32 Å². The fraction of sp³-hybridized carbons (Fsp3) is 0.200. The van der Waals surface area contributed by atoms with Gasteiger partial charge in [0.15, 0.2) is 0 Å². The molecule has 4 heteroatoms. The zero-order valence-corrected chi connectivity index (χ0v) is 11.5. The van der Waals surface area contributed by atoms with Crippen molar-refractivity contribution in [3.63, 3.8) is 0 Å². The maximum Gasteiger partial charge on any atom is 0.147 e. The molecule has 19 heavy (non-hydrogen) atoms. The Morgan fingerprint density at radius 1 is 1.21 bits per heavy atom. The summed E-state index contributed by atoms with van der Waals surface area (Å²) < 4.78 is 19.0. The van der Waals surface area contributed by atoms with Gasteiger partial charge in [0.2, 0.25) is 0 Å². The van der Waals surface area contributed by atoms with Crippen LogP contribution >= 0.6 is 11.6 Å². The van der Waals surface area contributed by atoms with E-state index in [1.807, 2.05) is 31.2 Å². The predicted molar refractivity (Wildman–Crippen MR) is 76.4 cm³/mol. The van der Waals surface area contributed by atoms with Gasteiger partial charge in [-0.3, -0.25) is 0 Å². The van der Waals surface area contributed by atoms with E-state index >= 15 is 0 Å². The molecule has 0 radical (unpaired) electrons. The first-order valence-corrected chi connectivity index (χ1v) is 6.34. The van der Waals surface area contributed by atoms with E-state index < -0.39 is 0 Å². The van der Waals surface area contributed by atoms with E-state index in [4.69, 9.17) is 16.3 Å². The van der Waals surface area contributed by atoms with Gasteiger partial charge >= 0.3 is 0 Å². The highest BCUT2D eigenvalue weighted by molar-refractivity contribution is 6.30. The third kappa shape index (κ3) is 3.18. The van der Waals surface area contributed by atoms with Crippen LogP contribution in [0.25, 0.3) is 0 Å². The molecule has 100 valence electrons. The van der Waals surface area contributed by atoms with Gasteiger partial charge in [-0.15, -0.1) is 0 Å². The van der Waals surface area contributed by atoms with Crippen LogP contribution in [-0.4, -0.2) is 7.11 Å². The quantitative estimate of drug-likeness (QED) is 0.879. The number of benzene rings is 2. The Morgan fingerprint density at radius 3 is 2.63 bits per heavy atom. The first-order valence-electron chi connectivity index (χ1n) is 5.96. The molecule has 0 saturated heterocycles. The molecule has 2 nitrogen and oxygen atoms in total. The molecule has 0 spiro atoms. The van der Waals surface area contributed by atoms with Gasteiger partial charge in [0.05, 0.1) is 18.8 Å². The maximum absolute atomic E-state index is 13.7. The number of hydrogen-bond donors (Lipinski definition) is 1. The van der Waals surface area contributed by atoms with E-state index in [0.29, 0.717) is 10.7 Å². The van der Waals surface area contributed by atoms with Crippen molar-refractivity contribution in [1.82, 2.24) is 0 Å². The Labute approximate surface area is 117 Å². The molecule has 0 heterocycles. The monoisotopic (exact) mass is 279 g/mol. The second-order valence-corrected chi connectivity index (χ2v) is 4.67. The number of nitrogens with one attached hydrogen (secondary N) is 1. The lowest BCUT2D eigenvalue weighted by Crippen LogP contribution is -2.09. The number of anilines is 1. The highest BCUT2D eigenvalue weighted by atomic mass is 35.5. The smallest absolute Gasteiger partial charge is 0.147 e. The number of halogens is 2. The molecular formula is C15H15ClFNO. The summed E-state index contributed by atoms with van der Waals surface area (Å²) in [5.74, 6) is 0.408. The molecule has 2 aromatic carbocycles. The summed E-state index contributed by atoms with van der Waals surface area (Å²) in [7, 11) is 1.62. The van der Waals surface area contributed by atoms with Crippen molar-refractivity contribution in [3.05, 3.63) is 58.9 Å². The molecule has 0 aliphatic rings. The summed E-state index contributed by atoms with van der Waals surface area (Å²) in [5, 5.41) is 3.50. The van der Waals surface area contributed by atoms with Crippen molar-refractivity contribution in [2.24, 2.45) is 0 Å². The van der Waals surface area contributed by atoms with E-state index in [-0.39, 0.29) is 11.9 Å². The fourth-order valence-electron chi connectivity index (χ4n) is 1.94. The Kier molecular flexibility index (Phi) is 4.27. The third-order valence-corrected chi connectivity index (χ3v) is 3.14. The van der Waals surface area contributed by atoms with Crippen LogP contribution in [0.1, 0.15) is 18.5 Å². The fourth-order valence-corrected chi connectivity index (χ4v) is 2.10.